The molecule has 0 bridgehead atoms. The molecule has 0 spiro atoms. The third kappa shape index (κ3) is 4.58. The zero-order chi connectivity index (χ0) is 17.0. The molecule has 0 saturated heterocycles. The van der Waals surface area contributed by atoms with E-state index in [1.807, 2.05) is 13.1 Å². The average molecular weight is 314 g/mol. The van der Waals surface area contributed by atoms with Gasteiger partial charge in [-0.25, -0.2) is 9.66 Å². The first-order chi connectivity index (χ1) is 10.9. The van der Waals surface area contributed by atoms with E-state index >= 15 is 0 Å². The molecule has 0 amide bonds. The van der Waals surface area contributed by atoms with E-state index in [1.54, 1.807) is 10.9 Å². The minimum Gasteiger partial charge on any atom is -0.494 e. The summed E-state index contributed by atoms with van der Waals surface area (Å²) < 4.78 is 7.42. The molecule has 0 fully saturated rings. The molecule has 1 aromatic carbocycles. The van der Waals surface area contributed by atoms with Gasteiger partial charge in [0.15, 0.2) is 0 Å². The summed E-state index contributed by atoms with van der Waals surface area (Å²) in [5.41, 5.74) is 9.98. The quantitative estimate of drug-likeness (QED) is 0.827. The van der Waals surface area contributed by atoms with E-state index in [0.717, 1.165) is 41.2 Å². The van der Waals surface area contributed by atoms with Crippen molar-refractivity contribution < 1.29 is 4.74 Å². The summed E-state index contributed by atoms with van der Waals surface area (Å²) in [5.74, 6) is 1.95. The predicted molar refractivity (Wildman–Crippen MR) is 95.2 cm³/mol. The number of ether oxygens (including phenoxy) is 1. The number of benzene rings is 1. The largest absolute Gasteiger partial charge is 0.494 e. The summed E-state index contributed by atoms with van der Waals surface area (Å²) in [6.07, 6.45) is 4.68. The Morgan fingerprint density at radius 2 is 1.91 bits per heavy atom. The second-order valence-electron chi connectivity index (χ2n) is 6.33. The van der Waals surface area contributed by atoms with E-state index in [2.05, 4.69) is 49.9 Å². The van der Waals surface area contributed by atoms with Crippen LogP contribution in [0.3, 0.4) is 0 Å². The molecule has 2 N–H and O–H groups in total. The Morgan fingerprint density at radius 1 is 1.26 bits per heavy atom. The van der Waals surface area contributed by atoms with Crippen LogP contribution in [0.15, 0.2) is 23.4 Å². The highest BCUT2D eigenvalue weighted by Gasteiger charge is 2.06. The Hall–Kier alpha value is -2.30. The first-order valence-corrected chi connectivity index (χ1v) is 7.96. The van der Waals surface area contributed by atoms with Gasteiger partial charge in [-0.2, -0.15) is 5.10 Å². The summed E-state index contributed by atoms with van der Waals surface area (Å²) in [5, 5.41) is 4.40. The van der Waals surface area contributed by atoms with Gasteiger partial charge >= 0.3 is 0 Å². The number of nitrogens with two attached hydrogens (primary N) is 1. The molecular formula is C18H26N4O. The molecule has 23 heavy (non-hydrogen) atoms. The van der Waals surface area contributed by atoms with Crippen molar-refractivity contribution in [3.63, 3.8) is 0 Å². The molecule has 2 rings (SSSR count). The fraction of sp³-hybridized carbons (Fsp3) is 0.444. The van der Waals surface area contributed by atoms with Gasteiger partial charge in [-0.3, -0.25) is 0 Å². The van der Waals surface area contributed by atoms with Gasteiger partial charge in [0.25, 0.3) is 0 Å². The number of rotatable bonds is 6. The summed E-state index contributed by atoms with van der Waals surface area (Å²) in [6, 6.07) is 4.11. The van der Waals surface area contributed by atoms with E-state index in [9.17, 15) is 0 Å². The maximum Gasteiger partial charge on any atom is 0.221 e. The van der Waals surface area contributed by atoms with E-state index < -0.39 is 0 Å². The van der Waals surface area contributed by atoms with Crippen LogP contribution in [0.1, 0.15) is 42.7 Å². The number of hydrogen-bond acceptors (Lipinski definition) is 4. The lowest BCUT2D eigenvalue weighted by Gasteiger charge is -2.12. The van der Waals surface area contributed by atoms with Gasteiger partial charge in [0.2, 0.25) is 5.95 Å². The van der Waals surface area contributed by atoms with Crippen molar-refractivity contribution in [3.05, 3.63) is 40.7 Å². The second-order valence-corrected chi connectivity index (χ2v) is 6.33. The van der Waals surface area contributed by atoms with Crippen molar-refractivity contribution in [3.8, 4) is 5.75 Å². The lowest BCUT2D eigenvalue weighted by molar-refractivity contribution is 0.289. The topological polar surface area (TPSA) is 65.4 Å². The van der Waals surface area contributed by atoms with Gasteiger partial charge < -0.3 is 10.5 Å². The van der Waals surface area contributed by atoms with Crippen LogP contribution < -0.4 is 10.5 Å². The van der Waals surface area contributed by atoms with Crippen molar-refractivity contribution in [2.45, 2.75) is 41.0 Å². The lowest BCUT2D eigenvalue weighted by Crippen LogP contribution is -2.03. The molecule has 1 aromatic heterocycles. The van der Waals surface area contributed by atoms with Crippen molar-refractivity contribution in [2.75, 3.05) is 12.3 Å². The molecule has 5 heteroatoms. The highest BCUT2D eigenvalue weighted by Crippen LogP contribution is 2.21. The smallest absolute Gasteiger partial charge is 0.221 e. The summed E-state index contributed by atoms with van der Waals surface area (Å²) in [4.78, 5) is 4.14. The average Bonchev–Trinajstić information content (AvgIpc) is 2.75. The molecule has 0 unspecified atom stereocenters. The van der Waals surface area contributed by atoms with Gasteiger partial charge in [-0.05, 0) is 56.4 Å². The van der Waals surface area contributed by atoms with Crippen LogP contribution >= 0.6 is 0 Å². The van der Waals surface area contributed by atoms with Gasteiger partial charge in [-0.15, -0.1) is 0 Å². The molecule has 1 heterocycles. The molecule has 124 valence electrons. The molecule has 0 atom stereocenters. The minimum absolute atomic E-state index is 0.391. The first kappa shape index (κ1) is 17.1. The van der Waals surface area contributed by atoms with Crippen LogP contribution in [0.2, 0.25) is 0 Å². The summed E-state index contributed by atoms with van der Waals surface area (Å²) in [6.45, 7) is 11.2. The van der Waals surface area contributed by atoms with Crippen LogP contribution in [-0.4, -0.2) is 22.5 Å². The Morgan fingerprint density at radius 3 is 2.43 bits per heavy atom. The number of aromatic nitrogens is 2. The van der Waals surface area contributed by atoms with E-state index in [0.29, 0.717) is 11.9 Å². The van der Waals surface area contributed by atoms with Crippen LogP contribution in [-0.2, 0) is 0 Å². The highest BCUT2D eigenvalue weighted by molar-refractivity contribution is 5.84. The zero-order valence-electron chi connectivity index (χ0n) is 14.6. The molecule has 0 aliphatic carbocycles. The van der Waals surface area contributed by atoms with Gasteiger partial charge in [0, 0.05) is 5.56 Å². The molecule has 5 nitrogen and oxygen atoms in total. The van der Waals surface area contributed by atoms with Crippen LogP contribution in [0.4, 0.5) is 5.95 Å². The van der Waals surface area contributed by atoms with Crippen molar-refractivity contribution >= 4 is 12.2 Å². The SMILES string of the molecule is Cc1cn(N=Cc2c(C)cc(OCCC(C)C)cc2C)c(N)n1. The van der Waals surface area contributed by atoms with Crippen LogP contribution in [0.5, 0.6) is 5.75 Å². The Kier molecular flexibility index (Phi) is 5.42. The third-order valence-electron chi connectivity index (χ3n) is 3.68. The number of anilines is 1. The van der Waals surface area contributed by atoms with E-state index in [1.165, 1.54) is 0 Å². The zero-order valence-corrected chi connectivity index (χ0v) is 14.6. The fourth-order valence-corrected chi connectivity index (χ4v) is 2.35. The van der Waals surface area contributed by atoms with Crippen LogP contribution in [0, 0.1) is 26.7 Å². The number of nitrogen functional groups attached to an aromatic ring is 1. The van der Waals surface area contributed by atoms with E-state index in [-0.39, 0.29) is 0 Å². The van der Waals surface area contributed by atoms with Gasteiger partial charge in [-0.1, -0.05) is 13.8 Å². The molecule has 0 aliphatic heterocycles. The molecular weight excluding hydrogens is 288 g/mol. The Labute approximate surface area is 138 Å². The number of hydrogen-bond donors (Lipinski definition) is 1. The van der Waals surface area contributed by atoms with E-state index in [4.69, 9.17) is 10.5 Å². The monoisotopic (exact) mass is 314 g/mol. The Balaban J connectivity index is 2.15. The fourth-order valence-electron chi connectivity index (χ4n) is 2.35. The predicted octanol–water partition coefficient (Wildman–Crippen LogP) is 3.70. The maximum atomic E-state index is 5.84. The first-order valence-electron chi connectivity index (χ1n) is 7.96. The number of imidazole rings is 1. The van der Waals surface area contributed by atoms with Crippen molar-refractivity contribution in [1.29, 1.82) is 0 Å². The maximum absolute atomic E-state index is 5.84. The summed E-state index contributed by atoms with van der Waals surface area (Å²) in [7, 11) is 0. The summed E-state index contributed by atoms with van der Waals surface area (Å²) >= 11 is 0. The lowest BCUT2D eigenvalue weighted by atomic mass is 10.0. The normalized spacial score (nSPS) is 11.6. The molecule has 0 aliphatic rings. The standard InChI is InChI=1S/C18H26N4O/c1-12(2)6-7-23-16-8-13(3)17(14(4)9-16)10-20-22-11-15(5)21-18(22)19/h8-12H,6-7H2,1-5H3,(H2,19,21). The number of aryl methyl sites for hydroxylation is 3. The highest BCUT2D eigenvalue weighted by atomic mass is 16.5. The molecule has 2 aromatic rings. The number of nitrogens with zero attached hydrogens (tertiary/aromatic N) is 3. The molecule has 0 radical (unpaired) electrons. The molecule has 0 saturated carbocycles. The van der Waals surface area contributed by atoms with Gasteiger partial charge in [0.1, 0.15) is 5.75 Å². The Bertz CT molecular complexity index is 678. The van der Waals surface area contributed by atoms with Crippen molar-refractivity contribution in [1.82, 2.24) is 9.66 Å². The van der Waals surface area contributed by atoms with Crippen LogP contribution in [0.25, 0.3) is 0 Å². The van der Waals surface area contributed by atoms with Gasteiger partial charge in [0.05, 0.1) is 24.7 Å². The minimum atomic E-state index is 0.391. The second kappa shape index (κ2) is 7.31. The third-order valence-corrected chi connectivity index (χ3v) is 3.68. The van der Waals surface area contributed by atoms with Crippen molar-refractivity contribution in [2.24, 2.45) is 11.0 Å².